The number of ether oxygens (including phenoxy) is 3. The van der Waals surface area contributed by atoms with Crippen LogP contribution in [0.3, 0.4) is 0 Å². The van der Waals surface area contributed by atoms with Gasteiger partial charge in [0.2, 0.25) is 5.96 Å². The van der Waals surface area contributed by atoms with Crippen LogP contribution in [0.4, 0.5) is 15.3 Å². The second-order valence-electron chi connectivity index (χ2n) is 9.03. The molecule has 0 radical (unpaired) electrons. The first-order valence-corrected chi connectivity index (χ1v) is 10.1. The summed E-state index contributed by atoms with van der Waals surface area (Å²) in [5.41, 5.74) is 6.26. The molecule has 0 saturated carbocycles. The summed E-state index contributed by atoms with van der Waals surface area (Å²) in [5.74, 6) is 0.617. The summed E-state index contributed by atoms with van der Waals surface area (Å²) in [6.45, 7) is 13.3. The standard InChI is InChI=1S/C22H36N4O5/c1-10-26(18(23)24-19(27)30-21(2,3)4)16-11-12-17(29-9)15(13-16)14-25(8)20(28)31-22(5,6)7/h11-13H,10,14H2,1-9H3,(H2,23,24,27). The lowest BCUT2D eigenvalue weighted by Crippen LogP contribution is -2.38. The highest BCUT2D eigenvalue weighted by Crippen LogP contribution is 2.27. The fraction of sp³-hybridized carbons (Fsp3) is 0.591. The zero-order valence-corrected chi connectivity index (χ0v) is 20.1. The minimum atomic E-state index is -0.762. The van der Waals surface area contributed by atoms with Crippen LogP contribution in [0.2, 0.25) is 0 Å². The monoisotopic (exact) mass is 436 g/mol. The molecule has 0 heterocycles. The number of hydrogen-bond acceptors (Lipinski definition) is 5. The number of carbonyl (C=O) groups excluding carboxylic acids is 2. The van der Waals surface area contributed by atoms with E-state index in [0.29, 0.717) is 18.0 Å². The summed E-state index contributed by atoms with van der Waals surface area (Å²) in [7, 11) is 3.21. The molecular formula is C22H36N4O5. The molecule has 1 aromatic carbocycles. The number of anilines is 1. The molecule has 31 heavy (non-hydrogen) atoms. The normalized spacial score (nSPS) is 12.2. The molecule has 1 aromatic rings. The predicted molar refractivity (Wildman–Crippen MR) is 122 cm³/mol. The highest BCUT2D eigenvalue weighted by Gasteiger charge is 2.22. The van der Waals surface area contributed by atoms with E-state index in [0.717, 1.165) is 5.56 Å². The van der Waals surface area contributed by atoms with Crippen LogP contribution in [0.15, 0.2) is 23.2 Å². The summed E-state index contributed by atoms with van der Waals surface area (Å²) < 4.78 is 16.1. The fourth-order valence-corrected chi connectivity index (χ4v) is 2.63. The number of nitrogens with two attached hydrogens (primary N) is 1. The minimum Gasteiger partial charge on any atom is -0.496 e. The molecule has 174 valence electrons. The highest BCUT2D eigenvalue weighted by atomic mass is 16.6. The van der Waals surface area contributed by atoms with Crippen LogP contribution < -0.4 is 15.4 Å². The van der Waals surface area contributed by atoms with Gasteiger partial charge < -0.3 is 29.7 Å². The van der Waals surface area contributed by atoms with E-state index in [4.69, 9.17) is 19.9 Å². The number of amides is 2. The average Bonchev–Trinajstić information content (AvgIpc) is 2.59. The quantitative estimate of drug-likeness (QED) is 0.546. The second-order valence-corrected chi connectivity index (χ2v) is 9.03. The van der Waals surface area contributed by atoms with E-state index in [1.807, 2.05) is 33.8 Å². The number of hydrogen-bond donors (Lipinski definition) is 1. The number of nitrogens with zero attached hydrogens (tertiary/aromatic N) is 3. The van der Waals surface area contributed by atoms with Gasteiger partial charge in [-0.1, -0.05) is 0 Å². The molecule has 0 fully saturated rings. The van der Waals surface area contributed by atoms with E-state index in [-0.39, 0.29) is 12.5 Å². The number of rotatable bonds is 5. The van der Waals surface area contributed by atoms with Gasteiger partial charge in [0.15, 0.2) is 0 Å². The Morgan fingerprint density at radius 2 is 1.65 bits per heavy atom. The van der Waals surface area contributed by atoms with Gasteiger partial charge in [-0.05, 0) is 66.7 Å². The number of carbonyl (C=O) groups is 2. The van der Waals surface area contributed by atoms with Crippen molar-refractivity contribution in [3.63, 3.8) is 0 Å². The van der Waals surface area contributed by atoms with Crippen LogP contribution >= 0.6 is 0 Å². The van der Waals surface area contributed by atoms with Gasteiger partial charge in [-0.2, -0.15) is 0 Å². The summed E-state index contributed by atoms with van der Waals surface area (Å²) in [6.07, 6.45) is -1.21. The molecule has 0 aliphatic heterocycles. The highest BCUT2D eigenvalue weighted by molar-refractivity contribution is 6.00. The van der Waals surface area contributed by atoms with Gasteiger partial charge in [0.1, 0.15) is 17.0 Å². The number of aliphatic imine (C=N–C) groups is 1. The largest absolute Gasteiger partial charge is 0.496 e. The van der Waals surface area contributed by atoms with Gasteiger partial charge in [0.05, 0.1) is 13.7 Å². The topological polar surface area (TPSA) is 107 Å². The SMILES string of the molecule is CCN(C(N)=NC(=O)OC(C)(C)C)c1ccc(OC)c(CN(C)C(=O)OC(C)(C)C)c1. The summed E-state index contributed by atoms with van der Waals surface area (Å²) in [4.78, 5) is 31.4. The van der Waals surface area contributed by atoms with Crippen LogP contribution in [-0.2, 0) is 16.0 Å². The van der Waals surface area contributed by atoms with E-state index < -0.39 is 23.4 Å². The molecule has 2 amide bonds. The molecule has 2 N–H and O–H groups in total. The predicted octanol–water partition coefficient (Wildman–Crippen LogP) is 4.14. The van der Waals surface area contributed by atoms with Gasteiger partial charge in [0.25, 0.3) is 0 Å². The van der Waals surface area contributed by atoms with Gasteiger partial charge >= 0.3 is 12.2 Å². The lowest BCUT2D eigenvalue weighted by Gasteiger charge is -2.26. The Bertz CT molecular complexity index is 809. The molecule has 0 atom stereocenters. The average molecular weight is 437 g/mol. The van der Waals surface area contributed by atoms with Crippen molar-refractivity contribution in [1.29, 1.82) is 0 Å². The van der Waals surface area contributed by atoms with Crippen molar-refractivity contribution in [3.05, 3.63) is 23.8 Å². The molecule has 9 heteroatoms. The Labute approximate surface area is 185 Å². The number of guanidine groups is 1. The summed E-state index contributed by atoms with van der Waals surface area (Å²) in [6, 6.07) is 5.41. The second kappa shape index (κ2) is 10.4. The zero-order valence-electron chi connectivity index (χ0n) is 20.1. The van der Waals surface area contributed by atoms with E-state index >= 15 is 0 Å². The molecular weight excluding hydrogens is 400 g/mol. The van der Waals surface area contributed by atoms with Gasteiger partial charge in [-0.25, -0.2) is 9.59 Å². The number of methoxy groups -OCH3 is 1. The van der Waals surface area contributed by atoms with Crippen LogP contribution in [0.1, 0.15) is 54.0 Å². The van der Waals surface area contributed by atoms with Crippen molar-refractivity contribution >= 4 is 23.8 Å². The fourth-order valence-electron chi connectivity index (χ4n) is 2.63. The van der Waals surface area contributed by atoms with E-state index in [2.05, 4.69) is 4.99 Å². The third kappa shape index (κ3) is 8.74. The van der Waals surface area contributed by atoms with Crippen LogP contribution in [0, 0.1) is 0 Å². The lowest BCUT2D eigenvalue weighted by atomic mass is 10.1. The van der Waals surface area contributed by atoms with Crippen molar-refractivity contribution in [2.45, 2.75) is 66.2 Å². The molecule has 1 rings (SSSR count). The molecule has 0 unspecified atom stereocenters. The van der Waals surface area contributed by atoms with Gasteiger partial charge in [-0.15, -0.1) is 4.99 Å². The first-order chi connectivity index (χ1) is 14.2. The third-order valence-corrected chi connectivity index (χ3v) is 3.88. The Hall–Kier alpha value is -2.97. The first kappa shape index (κ1) is 26.1. The van der Waals surface area contributed by atoms with Crippen molar-refractivity contribution < 1.29 is 23.8 Å². The van der Waals surface area contributed by atoms with Crippen molar-refractivity contribution in [2.24, 2.45) is 10.7 Å². The third-order valence-electron chi connectivity index (χ3n) is 3.88. The van der Waals surface area contributed by atoms with Crippen molar-refractivity contribution in [3.8, 4) is 5.75 Å². The molecule has 9 nitrogen and oxygen atoms in total. The molecule has 0 saturated heterocycles. The smallest absolute Gasteiger partial charge is 0.437 e. The Morgan fingerprint density at radius 1 is 1.06 bits per heavy atom. The van der Waals surface area contributed by atoms with Crippen LogP contribution in [0.5, 0.6) is 5.75 Å². The van der Waals surface area contributed by atoms with Gasteiger partial charge in [0, 0.05) is 24.8 Å². The Kier molecular flexibility index (Phi) is 8.72. The molecule has 0 aliphatic carbocycles. The molecule has 0 aromatic heterocycles. The van der Waals surface area contributed by atoms with Crippen molar-refractivity contribution in [2.75, 3.05) is 25.6 Å². The summed E-state index contributed by atoms with van der Waals surface area (Å²) >= 11 is 0. The zero-order chi connectivity index (χ0) is 24.0. The lowest BCUT2D eigenvalue weighted by molar-refractivity contribution is 0.0284. The van der Waals surface area contributed by atoms with Crippen LogP contribution in [-0.4, -0.2) is 55.0 Å². The van der Waals surface area contributed by atoms with E-state index in [9.17, 15) is 9.59 Å². The summed E-state index contributed by atoms with van der Waals surface area (Å²) in [5, 5.41) is 0. The van der Waals surface area contributed by atoms with E-state index in [1.165, 1.54) is 4.90 Å². The molecule has 0 spiro atoms. The maximum Gasteiger partial charge on any atom is 0.437 e. The Morgan fingerprint density at radius 3 is 2.13 bits per heavy atom. The maximum atomic E-state index is 12.3. The number of benzene rings is 1. The first-order valence-electron chi connectivity index (χ1n) is 10.1. The van der Waals surface area contributed by atoms with Crippen LogP contribution in [0.25, 0.3) is 0 Å². The van der Waals surface area contributed by atoms with E-state index in [1.54, 1.807) is 52.0 Å². The maximum absolute atomic E-state index is 12.3. The van der Waals surface area contributed by atoms with Gasteiger partial charge in [-0.3, -0.25) is 0 Å². The minimum absolute atomic E-state index is 0.00774. The Balaban J connectivity index is 3.15. The molecule has 0 bridgehead atoms. The molecule has 0 aliphatic rings. The van der Waals surface area contributed by atoms with Crippen molar-refractivity contribution in [1.82, 2.24) is 4.90 Å².